The molecule has 1 aromatic carbocycles. The minimum Gasteiger partial charge on any atom is -0.477 e. The molecule has 4 N–H and O–H groups in total. The maximum Gasteiger partial charge on any atom is 0.435 e. The minimum atomic E-state index is -4.97. The molecule has 0 saturated carbocycles. The molecule has 0 spiro atoms. The van der Waals surface area contributed by atoms with Crippen molar-refractivity contribution in [2.75, 3.05) is 90.5 Å². The van der Waals surface area contributed by atoms with Gasteiger partial charge in [-0.1, -0.05) is 11.6 Å². The number of carbonyl (C=O) groups excluding carboxylic acids is 4. The number of nitrogens with zero attached hydrogens (tertiary/aromatic N) is 9. The lowest BCUT2D eigenvalue weighted by atomic mass is 9.90. The van der Waals surface area contributed by atoms with Crippen molar-refractivity contribution < 1.29 is 60.3 Å². The number of alkyl halides is 5. The number of carboxylic acid groups (broad SMARTS) is 1. The van der Waals surface area contributed by atoms with E-state index in [1.54, 1.807) is 9.80 Å². The highest BCUT2D eigenvalue weighted by Gasteiger charge is 2.43. The Balaban J connectivity index is 0.827. The van der Waals surface area contributed by atoms with Crippen molar-refractivity contribution in [3.8, 4) is 17.1 Å². The zero-order valence-electron chi connectivity index (χ0n) is 37.1. The summed E-state index contributed by atoms with van der Waals surface area (Å²) in [6.45, 7) is 3.62. The molecule has 4 amide bonds. The number of benzene rings is 1. The highest BCUT2D eigenvalue weighted by atomic mass is 35.5. The topological polar surface area (TPSA) is 213 Å². The Morgan fingerprint density at radius 1 is 0.957 bits per heavy atom. The molecule has 8 heterocycles. The molecule has 25 heteroatoms. The Labute approximate surface area is 394 Å². The number of piperazine rings is 1. The number of piperidine rings is 1. The standard InChI is InChI=1S/C44H46ClF5N12O7/c1-57-34(30-21-61(56-37(30)44(48,49)50)35-16-32-27(19-52-35)14-33(55-32)42(68)60-10-13-69-43(46,47)24-60)20-53-38(57)39(65)54-28-2-3-29(31(45)15-28)41(67)59-8-6-58(7-9-59)40(66)26-4-11-62(12-5-26,23-36(63)64)22-25-17-51-18-25/h2-3,14-16,19-21,25-26,51H,4-13,17-18,22-24H2,1H3,(H2-,52,54,55,63,64,65,67,68)/p+1. The van der Waals surface area contributed by atoms with Crippen molar-refractivity contribution in [2.24, 2.45) is 18.9 Å². The van der Waals surface area contributed by atoms with Gasteiger partial charge in [-0.2, -0.15) is 27.1 Å². The van der Waals surface area contributed by atoms with Gasteiger partial charge in [-0.3, -0.25) is 19.2 Å². The van der Waals surface area contributed by atoms with E-state index >= 15 is 0 Å². The first-order valence-corrected chi connectivity index (χ1v) is 22.6. The van der Waals surface area contributed by atoms with Gasteiger partial charge in [0.25, 0.3) is 17.7 Å². The fraction of sp³-hybridized carbons (Fsp3) is 0.455. The van der Waals surface area contributed by atoms with Gasteiger partial charge < -0.3 is 49.2 Å². The number of halogens is 6. The molecule has 0 unspecified atom stereocenters. The van der Waals surface area contributed by atoms with Gasteiger partial charge in [-0.05, 0) is 24.3 Å². The van der Waals surface area contributed by atoms with Crippen LogP contribution in [0.4, 0.5) is 27.6 Å². The Hall–Kier alpha value is -6.50. The van der Waals surface area contributed by atoms with Crippen LogP contribution in [0.2, 0.25) is 5.02 Å². The molecule has 0 aliphatic carbocycles. The molecule has 4 aliphatic heterocycles. The second kappa shape index (κ2) is 18.4. The number of H-pyrrole nitrogens is 1. The Morgan fingerprint density at radius 3 is 2.33 bits per heavy atom. The van der Waals surface area contributed by atoms with Crippen molar-refractivity contribution in [1.82, 2.24) is 49.3 Å². The number of aromatic amines is 1. The Bertz CT molecular complexity index is 2830. The van der Waals surface area contributed by atoms with Crippen LogP contribution in [0.25, 0.3) is 28.0 Å². The van der Waals surface area contributed by atoms with Gasteiger partial charge in [0.1, 0.15) is 12.2 Å². The number of amides is 4. The molecule has 366 valence electrons. The summed E-state index contributed by atoms with van der Waals surface area (Å²) in [5.41, 5.74) is -1.30. The first-order valence-electron chi connectivity index (χ1n) is 22.2. The van der Waals surface area contributed by atoms with Gasteiger partial charge in [0, 0.05) is 107 Å². The molecular weight excluding hydrogens is 939 g/mol. The molecule has 69 heavy (non-hydrogen) atoms. The summed E-state index contributed by atoms with van der Waals surface area (Å²) in [6, 6.07) is 6.99. The lowest BCUT2D eigenvalue weighted by molar-refractivity contribution is -0.929. The number of ether oxygens (including phenoxy) is 1. The zero-order chi connectivity index (χ0) is 49.0. The molecule has 4 fully saturated rings. The van der Waals surface area contributed by atoms with Crippen LogP contribution in [0.3, 0.4) is 0 Å². The van der Waals surface area contributed by atoms with Crippen LogP contribution in [0.1, 0.15) is 50.0 Å². The maximum absolute atomic E-state index is 14.5. The summed E-state index contributed by atoms with van der Waals surface area (Å²) in [5.74, 6) is -2.86. The first kappa shape index (κ1) is 47.6. The minimum absolute atomic E-state index is 0.00879. The summed E-state index contributed by atoms with van der Waals surface area (Å²) >= 11 is 6.57. The number of pyridine rings is 1. The number of anilines is 1. The number of imidazole rings is 1. The van der Waals surface area contributed by atoms with Crippen LogP contribution in [-0.2, 0) is 27.5 Å². The molecule has 5 aromatic rings. The average Bonchev–Trinajstić information content (AvgIpc) is 4.04. The molecule has 0 atom stereocenters. The van der Waals surface area contributed by atoms with E-state index in [2.05, 4.69) is 35.4 Å². The van der Waals surface area contributed by atoms with Gasteiger partial charge >= 0.3 is 18.3 Å². The molecule has 0 radical (unpaired) electrons. The quantitative estimate of drug-likeness (QED) is 0.110. The van der Waals surface area contributed by atoms with E-state index in [1.165, 1.54) is 43.6 Å². The normalized spacial score (nSPS) is 21.0. The number of hydrogen-bond donors (Lipinski definition) is 4. The predicted octanol–water partition coefficient (Wildman–Crippen LogP) is 3.95. The SMILES string of the molecule is Cn1c(-c2cn(-c3cc4[nH]c(C(=O)N5CCOC(F)(F)C5)cc4cn3)nc2C(F)(F)F)cnc1C(=O)Nc1ccc(C(=O)N2CCN(C(=O)C3CC[N+](CC(=O)O)(CC4CNC4)CC3)CC2)c(Cl)c1. The van der Waals surface area contributed by atoms with E-state index in [9.17, 15) is 51.0 Å². The Morgan fingerprint density at radius 2 is 1.68 bits per heavy atom. The van der Waals surface area contributed by atoms with Crippen LogP contribution < -0.4 is 10.6 Å². The van der Waals surface area contributed by atoms with E-state index in [0.717, 1.165) is 46.2 Å². The first-order chi connectivity index (χ1) is 32.8. The van der Waals surface area contributed by atoms with Crippen molar-refractivity contribution in [1.29, 1.82) is 0 Å². The van der Waals surface area contributed by atoms with Gasteiger partial charge in [-0.25, -0.2) is 19.4 Å². The van der Waals surface area contributed by atoms with Crippen LogP contribution >= 0.6 is 11.6 Å². The third-order valence-electron chi connectivity index (χ3n) is 13.3. The monoisotopic (exact) mass is 985 g/mol. The average molecular weight is 986 g/mol. The highest BCUT2D eigenvalue weighted by molar-refractivity contribution is 6.34. The molecule has 4 aromatic heterocycles. The maximum atomic E-state index is 14.5. The lowest BCUT2D eigenvalue weighted by Crippen LogP contribution is -2.62. The summed E-state index contributed by atoms with van der Waals surface area (Å²) < 4.78 is 78.0. The number of carboxylic acids is 1. The third kappa shape index (κ3) is 9.87. The molecule has 19 nitrogen and oxygen atoms in total. The number of hydrogen-bond acceptors (Lipinski definition) is 10. The van der Waals surface area contributed by atoms with Crippen molar-refractivity contribution in [3.63, 3.8) is 0 Å². The van der Waals surface area contributed by atoms with E-state index in [-0.39, 0.29) is 95.3 Å². The summed E-state index contributed by atoms with van der Waals surface area (Å²) in [5, 5.41) is 19.7. The second-order valence-electron chi connectivity index (χ2n) is 18.0. The lowest BCUT2D eigenvalue weighted by Gasteiger charge is -2.46. The van der Waals surface area contributed by atoms with Crippen LogP contribution in [0.15, 0.2) is 48.9 Å². The number of fused-ring (bicyclic) bond motifs is 1. The molecule has 4 saturated heterocycles. The largest absolute Gasteiger partial charge is 0.477 e. The van der Waals surface area contributed by atoms with Crippen LogP contribution in [0, 0.1) is 11.8 Å². The van der Waals surface area contributed by atoms with Crippen molar-refractivity contribution in [2.45, 2.75) is 25.1 Å². The highest BCUT2D eigenvalue weighted by Crippen LogP contribution is 2.37. The smallest absolute Gasteiger partial charge is 0.435 e. The predicted molar refractivity (Wildman–Crippen MR) is 236 cm³/mol. The van der Waals surface area contributed by atoms with E-state index in [4.69, 9.17) is 11.6 Å². The van der Waals surface area contributed by atoms with E-state index in [1.807, 2.05) is 0 Å². The number of aliphatic carboxylic acids is 1. The second-order valence-corrected chi connectivity index (χ2v) is 18.4. The fourth-order valence-corrected chi connectivity index (χ4v) is 9.86. The number of quaternary nitrogens is 1. The number of carbonyl (C=O) groups is 5. The van der Waals surface area contributed by atoms with Crippen molar-refractivity contribution in [3.05, 3.63) is 76.7 Å². The van der Waals surface area contributed by atoms with Crippen molar-refractivity contribution >= 4 is 57.8 Å². The van der Waals surface area contributed by atoms with Gasteiger partial charge in [0.2, 0.25) is 5.91 Å². The van der Waals surface area contributed by atoms with E-state index in [0.29, 0.717) is 54.8 Å². The third-order valence-corrected chi connectivity index (χ3v) is 13.6. The summed E-state index contributed by atoms with van der Waals surface area (Å²) in [4.78, 5) is 80.8. The molecule has 9 rings (SSSR count). The van der Waals surface area contributed by atoms with Crippen LogP contribution in [0.5, 0.6) is 0 Å². The molecular formula is C44H47ClF5N12O7+. The molecule has 0 bridgehead atoms. The van der Waals surface area contributed by atoms with Gasteiger partial charge in [0.05, 0.1) is 59.8 Å². The summed E-state index contributed by atoms with van der Waals surface area (Å²) in [7, 11) is 1.35. The number of aromatic nitrogens is 6. The number of nitrogens with one attached hydrogen (secondary N) is 3. The van der Waals surface area contributed by atoms with Gasteiger partial charge in [-0.15, -0.1) is 0 Å². The van der Waals surface area contributed by atoms with Crippen LogP contribution in [-0.4, -0.2) is 174 Å². The number of morpholine rings is 1. The van der Waals surface area contributed by atoms with Gasteiger partial charge in [0.15, 0.2) is 23.9 Å². The Kier molecular flexibility index (Phi) is 12.7. The van der Waals surface area contributed by atoms with E-state index < -0.39 is 47.9 Å². The zero-order valence-corrected chi connectivity index (χ0v) is 37.8. The number of rotatable bonds is 11. The molecule has 4 aliphatic rings. The number of likely N-dealkylation sites (tertiary alicyclic amines) is 1. The fourth-order valence-electron chi connectivity index (χ4n) is 9.60. The summed E-state index contributed by atoms with van der Waals surface area (Å²) in [6.07, 6.45) is -3.84.